The van der Waals surface area contributed by atoms with Crippen LogP contribution < -0.4 is 5.73 Å². The number of hydrogen-bond acceptors (Lipinski definition) is 5. The molecular weight excluding hydrogens is 278 g/mol. The van der Waals surface area contributed by atoms with E-state index in [9.17, 15) is 8.42 Å². The van der Waals surface area contributed by atoms with Crippen LogP contribution in [0.4, 0.5) is 5.82 Å². The molecule has 1 aromatic carbocycles. The highest BCUT2D eigenvalue weighted by Gasteiger charge is 2.17. The maximum atomic E-state index is 12.1. The van der Waals surface area contributed by atoms with Crippen LogP contribution in [0.25, 0.3) is 0 Å². The van der Waals surface area contributed by atoms with Gasteiger partial charge in [-0.15, -0.1) is 5.10 Å². The summed E-state index contributed by atoms with van der Waals surface area (Å²) in [6.45, 7) is 2.24. The third-order valence-electron chi connectivity index (χ3n) is 3.03. The zero-order valence-electron chi connectivity index (χ0n) is 11.6. The fourth-order valence-corrected chi connectivity index (χ4v) is 2.68. The minimum absolute atomic E-state index is 0.255. The molecule has 0 saturated heterocycles. The van der Waals surface area contributed by atoms with Crippen molar-refractivity contribution in [3.05, 3.63) is 35.5 Å². The molecule has 108 valence electrons. The van der Waals surface area contributed by atoms with Crippen molar-refractivity contribution in [1.82, 2.24) is 19.3 Å². The second kappa shape index (κ2) is 5.22. The van der Waals surface area contributed by atoms with E-state index in [1.165, 1.54) is 18.4 Å². The summed E-state index contributed by atoms with van der Waals surface area (Å²) in [4.78, 5) is 0.255. The third-order valence-corrected chi connectivity index (χ3v) is 4.84. The van der Waals surface area contributed by atoms with E-state index in [1.54, 1.807) is 22.9 Å². The molecule has 0 spiro atoms. The Morgan fingerprint density at radius 1 is 1.35 bits per heavy atom. The van der Waals surface area contributed by atoms with Crippen LogP contribution in [0.2, 0.25) is 0 Å². The smallest absolute Gasteiger partial charge is 0.242 e. The van der Waals surface area contributed by atoms with Crippen molar-refractivity contribution in [2.24, 2.45) is 0 Å². The molecule has 0 amide bonds. The van der Waals surface area contributed by atoms with Crippen molar-refractivity contribution in [2.75, 3.05) is 19.8 Å². The first-order valence-corrected chi connectivity index (χ1v) is 7.43. The van der Waals surface area contributed by atoms with Crippen molar-refractivity contribution in [1.29, 1.82) is 0 Å². The van der Waals surface area contributed by atoms with Crippen molar-refractivity contribution in [3.63, 3.8) is 0 Å². The number of aromatic nitrogens is 3. The number of hydrogen-bond donors (Lipinski definition) is 1. The monoisotopic (exact) mass is 295 g/mol. The van der Waals surface area contributed by atoms with Crippen molar-refractivity contribution < 1.29 is 8.42 Å². The van der Waals surface area contributed by atoms with E-state index in [0.717, 1.165) is 11.3 Å². The molecule has 2 N–H and O–H groups in total. The van der Waals surface area contributed by atoms with Gasteiger partial charge >= 0.3 is 0 Å². The minimum atomic E-state index is -3.43. The van der Waals surface area contributed by atoms with Crippen LogP contribution >= 0.6 is 0 Å². The SMILES string of the molecule is Cc1c(N)nnn1Cc1cccc(S(=O)(=O)N(C)C)c1. The third kappa shape index (κ3) is 2.66. The molecule has 8 heteroatoms. The summed E-state index contributed by atoms with van der Waals surface area (Å²) in [7, 11) is -0.425. The van der Waals surface area contributed by atoms with Gasteiger partial charge in [0.05, 0.1) is 17.1 Å². The second-order valence-corrected chi connectivity index (χ2v) is 6.80. The molecule has 0 aliphatic rings. The quantitative estimate of drug-likeness (QED) is 0.884. The molecule has 0 unspecified atom stereocenters. The van der Waals surface area contributed by atoms with Gasteiger partial charge in [0.15, 0.2) is 5.82 Å². The van der Waals surface area contributed by atoms with Crippen LogP contribution in [0, 0.1) is 6.92 Å². The van der Waals surface area contributed by atoms with Crippen LogP contribution in [-0.4, -0.2) is 41.8 Å². The fraction of sp³-hybridized carbons (Fsp3) is 0.333. The molecule has 2 rings (SSSR count). The molecule has 0 aliphatic heterocycles. The average Bonchev–Trinajstić information content (AvgIpc) is 2.71. The summed E-state index contributed by atoms with van der Waals surface area (Å²) >= 11 is 0. The molecule has 1 heterocycles. The van der Waals surface area contributed by atoms with Gasteiger partial charge in [-0.3, -0.25) is 0 Å². The van der Waals surface area contributed by atoms with E-state index >= 15 is 0 Å². The summed E-state index contributed by atoms with van der Waals surface area (Å²) in [5, 5.41) is 7.70. The lowest BCUT2D eigenvalue weighted by molar-refractivity contribution is 0.520. The Balaban J connectivity index is 2.34. The first kappa shape index (κ1) is 14.5. The predicted molar refractivity (Wildman–Crippen MR) is 75.6 cm³/mol. The van der Waals surface area contributed by atoms with Crippen LogP contribution in [0.15, 0.2) is 29.2 Å². The first-order valence-electron chi connectivity index (χ1n) is 5.99. The fourth-order valence-electron chi connectivity index (χ4n) is 1.71. The van der Waals surface area contributed by atoms with Crippen LogP contribution in [0.5, 0.6) is 0 Å². The zero-order valence-corrected chi connectivity index (χ0v) is 12.4. The summed E-state index contributed by atoms with van der Waals surface area (Å²) in [6.07, 6.45) is 0. The molecular formula is C12H17N5O2S. The van der Waals surface area contributed by atoms with Gasteiger partial charge in [-0.1, -0.05) is 17.3 Å². The zero-order chi connectivity index (χ0) is 14.9. The lowest BCUT2D eigenvalue weighted by atomic mass is 10.2. The number of nitrogen functional groups attached to an aromatic ring is 1. The van der Waals surface area contributed by atoms with Crippen molar-refractivity contribution in [2.45, 2.75) is 18.4 Å². The van der Waals surface area contributed by atoms with Gasteiger partial charge in [0.2, 0.25) is 10.0 Å². The number of benzene rings is 1. The standard InChI is InChI=1S/C12H17N5O2S/c1-9-12(13)14-15-17(9)8-10-5-4-6-11(7-10)20(18,19)16(2)3/h4-7H,8,13H2,1-3H3. The topological polar surface area (TPSA) is 94.1 Å². The lowest BCUT2D eigenvalue weighted by Crippen LogP contribution is -2.22. The molecule has 2 aromatic rings. The number of nitrogens with two attached hydrogens (primary N) is 1. The van der Waals surface area contributed by atoms with Crippen LogP contribution in [0.3, 0.4) is 0 Å². The Labute approximate surface area is 118 Å². The molecule has 0 fully saturated rings. The highest BCUT2D eigenvalue weighted by molar-refractivity contribution is 7.89. The molecule has 1 aromatic heterocycles. The van der Waals surface area contributed by atoms with Crippen LogP contribution in [0.1, 0.15) is 11.3 Å². The lowest BCUT2D eigenvalue weighted by Gasteiger charge is -2.12. The molecule has 7 nitrogen and oxygen atoms in total. The van der Waals surface area contributed by atoms with Gasteiger partial charge in [0.25, 0.3) is 0 Å². The Hall–Kier alpha value is -1.93. The first-order chi connectivity index (χ1) is 9.32. The van der Waals surface area contributed by atoms with E-state index in [2.05, 4.69) is 10.3 Å². The summed E-state index contributed by atoms with van der Waals surface area (Å²) in [5.74, 6) is 0.377. The molecule has 0 bridgehead atoms. The molecule has 0 saturated carbocycles. The molecule has 0 radical (unpaired) electrons. The van der Waals surface area contributed by atoms with Gasteiger partial charge in [-0.25, -0.2) is 17.4 Å². The van der Waals surface area contributed by atoms with Gasteiger partial charge in [-0.2, -0.15) is 0 Å². The van der Waals surface area contributed by atoms with E-state index in [1.807, 2.05) is 13.0 Å². The van der Waals surface area contributed by atoms with Gasteiger partial charge in [0.1, 0.15) is 0 Å². The van der Waals surface area contributed by atoms with Crippen LogP contribution in [-0.2, 0) is 16.6 Å². The van der Waals surface area contributed by atoms with Gasteiger partial charge in [0, 0.05) is 14.1 Å². The number of rotatable bonds is 4. The van der Waals surface area contributed by atoms with Crippen molar-refractivity contribution in [3.8, 4) is 0 Å². The minimum Gasteiger partial charge on any atom is -0.381 e. The molecule has 0 aliphatic carbocycles. The highest BCUT2D eigenvalue weighted by atomic mass is 32.2. The molecule has 0 atom stereocenters. The van der Waals surface area contributed by atoms with E-state index in [0.29, 0.717) is 12.4 Å². The number of sulfonamides is 1. The van der Waals surface area contributed by atoms with E-state index in [-0.39, 0.29) is 4.90 Å². The highest BCUT2D eigenvalue weighted by Crippen LogP contribution is 2.16. The maximum Gasteiger partial charge on any atom is 0.242 e. The molecule has 20 heavy (non-hydrogen) atoms. The second-order valence-electron chi connectivity index (χ2n) is 4.65. The maximum absolute atomic E-state index is 12.1. The van der Waals surface area contributed by atoms with E-state index < -0.39 is 10.0 Å². The normalized spacial score (nSPS) is 12.0. The predicted octanol–water partition coefficient (Wildman–Crippen LogP) is 0.467. The Kier molecular flexibility index (Phi) is 3.78. The van der Waals surface area contributed by atoms with E-state index in [4.69, 9.17) is 5.73 Å². The summed E-state index contributed by atoms with van der Waals surface area (Å²) < 4.78 is 27.0. The largest absolute Gasteiger partial charge is 0.381 e. The average molecular weight is 295 g/mol. The van der Waals surface area contributed by atoms with Gasteiger partial charge < -0.3 is 5.73 Å². The van der Waals surface area contributed by atoms with Crippen molar-refractivity contribution >= 4 is 15.8 Å². The Bertz CT molecular complexity index is 721. The number of anilines is 1. The number of nitrogens with zero attached hydrogens (tertiary/aromatic N) is 4. The van der Waals surface area contributed by atoms with Gasteiger partial charge in [-0.05, 0) is 24.6 Å². The Morgan fingerprint density at radius 2 is 2.05 bits per heavy atom. The Morgan fingerprint density at radius 3 is 2.60 bits per heavy atom. The summed E-state index contributed by atoms with van der Waals surface area (Å²) in [5.41, 5.74) is 7.21. The summed E-state index contributed by atoms with van der Waals surface area (Å²) in [6, 6.07) is 6.75.